The van der Waals surface area contributed by atoms with E-state index in [1.54, 1.807) is 0 Å². The highest BCUT2D eigenvalue weighted by Crippen LogP contribution is 2.68. The monoisotopic (exact) mass is 227 g/mol. The number of hydrogen-bond donors (Lipinski definition) is 2. The molecule has 1 fully saturated rings. The van der Waals surface area contributed by atoms with Crippen molar-refractivity contribution in [2.24, 2.45) is 16.7 Å². The molecule has 1 saturated carbocycles. The molecule has 0 heterocycles. The summed E-state index contributed by atoms with van der Waals surface area (Å²) < 4.78 is 0. The van der Waals surface area contributed by atoms with Gasteiger partial charge in [-0.1, -0.05) is 27.7 Å². The van der Waals surface area contributed by atoms with Gasteiger partial charge < -0.3 is 10.4 Å². The Hall–Kier alpha value is -0.570. The van der Waals surface area contributed by atoms with E-state index in [2.05, 4.69) is 33.0 Å². The fraction of sp³-hybridized carbons (Fsp3) is 0.923. The van der Waals surface area contributed by atoms with Gasteiger partial charge in [-0.05, 0) is 30.1 Å². The first-order valence-corrected chi connectivity index (χ1v) is 6.24. The van der Waals surface area contributed by atoms with Crippen LogP contribution in [0, 0.1) is 16.7 Å². The van der Waals surface area contributed by atoms with Crippen molar-refractivity contribution in [1.29, 1.82) is 0 Å². The Morgan fingerprint density at radius 3 is 2.12 bits per heavy atom. The molecular weight excluding hydrogens is 202 g/mol. The molecule has 3 heteroatoms. The molecule has 1 aliphatic carbocycles. The molecule has 0 aliphatic heterocycles. The smallest absolute Gasteiger partial charge is 0.224 e. The van der Waals surface area contributed by atoms with Crippen molar-refractivity contribution >= 4 is 5.91 Å². The highest BCUT2D eigenvalue weighted by molar-refractivity contribution is 5.84. The number of rotatable bonds is 6. The Kier molecular flexibility index (Phi) is 4.00. The van der Waals surface area contributed by atoms with Crippen LogP contribution in [-0.4, -0.2) is 24.2 Å². The van der Waals surface area contributed by atoms with Crippen LogP contribution in [0.15, 0.2) is 0 Å². The average molecular weight is 227 g/mol. The molecule has 0 spiro atoms. The number of carbonyl (C=O) groups excluding carboxylic acids is 1. The molecule has 0 aromatic heterocycles. The van der Waals surface area contributed by atoms with Gasteiger partial charge in [-0.3, -0.25) is 4.79 Å². The summed E-state index contributed by atoms with van der Waals surface area (Å²) >= 11 is 0. The fourth-order valence-electron chi connectivity index (χ4n) is 2.58. The maximum Gasteiger partial charge on any atom is 0.224 e. The topological polar surface area (TPSA) is 49.3 Å². The third-order valence-electron chi connectivity index (χ3n) is 4.42. The van der Waals surface area contributed by atoms with Gasteiger partial charge in [-0.2, -0.15) is 0 Å². The normalized spacial score (nSPS) is 21.8. The molecule has 1 rings (SSSR count). The first-order valence-electron chi connectivity index (χ1n) is 6.24. The highest BCUT2D eigenvalue weighted by Gasteiger charge is 2.68. The Labute approximate surface area is 98.6 Å². The van der Waals surface area contributed by atoms with Crippen LogP contribution < -0.4 is 5.32 Å². The lowest BCUT2D eigenvalue weighted by Gasteiger charge is -2.05. The van der Waals surface area contributed by atoms with E-state index in [-0.39, 0.29) is 29.3 Å². The Morgan fingerprint density at radius 1 is 1.12 bits per heavy atom. The van der Waals surface area contributed by atoms with E-state index in [0.717, 1.165) is 25.8 Å². The minimum atomic E-state index is 0.127. The van der Waals surface area contributed by atoms with Crippen LogP contribution in [0.1, 0.15) is 47.0 Å². The molecule has 0 atom stereocenters. The molecule has 94 valence electrons. The number of carbonyl (C=O) groups is 1. The summed E-state index contributed by atoms with van der Waals surface area (Å²) in [5.41, 5.74) is 0.254. The molecule has 3 nitrogen and oxygen atoms in total. The van der Waals surface area contributed by atoms with E-state index < -0.39 is 0 Å². The standard InChI is InChI=1S/C13H25NO2/c1-12(2)10(13(12,3)4)11(16)14-8-6-5-7-9-15/h10,15H,5-9H2,1-4H3,(H,14,16). The zero-order valence-corrected chi connectivity index (χ0v) is 11.0. The number of aliphatic hydroxyl groups excluding tert-OH is 1. The zero-order chi connectivity index (χ0) is 12.4. The summed E-state index contributed by atoms with van der Waals surface area (Å²) in [4.78, 5) is 11.9. The predicted molar refractivity (Wildman–Crippen MR) is 65.0 cm³/mol. The minimum absolute atomic E-state index is 0.127. The predicted octanol–water partition coefficient (Wildman–Crippen LogP) is 1.95. The first kappa shape index (κ1) is 13.5. The van der Waals surface area contributed by atoms with E-state index >= 15 is 0 Å². The molecule has 1 aliphatic rings. The number of unbranched alkanes of at least 4 members (excludes halogenated alkanes) is 2. The summed E-state index contributed by atoms with van der Waals surface area (Å²) in [5.74, 6) is 0.344. The minimum Gasteiger partial charge on any atom is -0.396 e. The van der Waals surface area contributed by atoms with Gasteiger partial charge in [-0.25, -0.2) is 0 Å². The van der Waals surface area contributed by atoms with Crippen LogP contribution in [0.25, 0.3) is 0 Å². The van der Waals surface area contributed by atoms with Crippen molar-refractivity contribution in [3.8, 4) is 0 Å². The molecule has 0 radical (unpaired) electrons. The highest BCUT2D eigenvalue weighted by atomic mass is 16.2. The lowest BCUT2D eigenvalue weighted by molar-refractivity contribution is -0.123. The largest absolute Gasteiger partial charge is 0.396 e. The van der Waals surface area contributed by atoms with E-state index in [9.17, 15) is 4.79 Å². The summed E-state index contributed by atoms with van der Waals surface area (Å²) in [6.45, 7) is 9.61. The van der Waals surface area contributed by atoms with Crippen molar-refractivity contribution in [2.45, 2.75) is 47.0 Å². The van der Waals surface area contributed by atoms with Crippen LogP contribution >= 0.6 is 0 Å². The van der Waals surface area contributed by atoms with E-state index in [1.165, 1.54) is 0 Å². The number of hydrogen-bond acceptors (Lipinski definition) is 2. The van der Waals surface area contributed by atoms with Crippen LogP contribution in [-0.2, 0) is 4.79 Å². The van der Waals surface area contributed by atoms with Gasteiger partial charge in [0.1, 0.15) is 0 Å². The SMILES string of the molecule is CC1(C)C(C(=O)NCCCCCO)C1(C)C. The molecule has 0 saturated heterocycles. The molecule has 2 N–H and O–H groups in total. The summed E-state index contributed by atoms with van der Waals surface area (Å²) in [7, 11) is 0. The van der Waals surface area contributed by atoms with Crippen LogP contribution in [0.4, 0.5) is 0 Å². The maximum absolute atomic E-state index is 11.9. The molecule has 16 heavy (non-hydrogen) atoms. The Balaban J connectivity index is 2.23. The summed E-state index contributed by atoms with van der Waals surface area (Å²) in [6.07, 6.45) is 2.77. The second-order valence-corrected chi connectivity index (χ2v) is 5.95. The molecular formula is C13H25NO2. The lowest BCUT2D eigenvalue weighted by Crippen LogP contribution is -2.28. The van der Waals surface area contributed by atoms with Crippen molar-refractivity contribution in [3.63, 3.8) is 0 Å². The third-order valence-corrected chi connectivity index (χ3v) is 4.42. The second-order valence-electron chi connectivity index (χ2n) is 5.95. The van der Waals surface area contributed by atoms with Crippen molar-refractivity contribution in [1.82, 2.24) is 5.32 Å². The molecule has 0 aromatic rings. The van der Waals surface area contributed by atoms with E-state index in [1.807, 2.05) is 0 Å². The maximum atomic E-state index is 11.9. The zero-order valence-electron chi connectivity index (χ0n) is 11.0. The molecule has 1 amide bonds. The number of amides is 1. The quantitative estimate of drug-likeness (QED) is 0.681. The van der Waals surface area contributed by atoms with E-state index in [4.69, 9.17) is 5.11 Å². The van der Waals surface area contributed by atoms with Gasteiger partial charge in [0.25, 0.3) is 0 Å². The fourth-order valence-corrected chi connectivity index (χ4v) is 2.58. The van der Waals surface area contributed by atoms with Gasteiger partial charge in [-0.15, -0.1) is 0 Å². The summed E-state index contributed by atoms with van der Waals surface area (Å²) in [6, 6.07) is 0. The van der Waals surface area contributed by atoms with Crippen molar-refractivity contribution < 1.29 is 9.90 Å². The molecule has 0 unspecified atom stereocenters. The second kappa shape index (κ2) is 4.74. The third kappa shape index (κ3) is 2.40. The van der Waals surface area contributed by atoms with Gasteiger partial charge in [0.15, 0.2) is 0 Å². The number of nitrogens with one attached hydrogen (secondary N) is 1. The van der Waals surface area contributed by atoms with Gasteiger partial charge in [0, 0.05) is 19.1 Å². The molecule has 0 aromatic carbocycles. The first-order chi connectivity index (χ1) is 7.35. The van der Waals surface area contributed by atoms with Crippen LogP contribution in [0.3, 0.4) is 0 Å². The Morgan fingerprint density at radius 2 is 1.69 bits per heavy atom. The van der Waals surface area contributed by atoms with Crippen molar-refractivity contribution in [2.75, 3.05) is 13.2 Å². The van der Waals surface area contributed by atoms with Gasteiger partial charge >= 0.3 is 0 Å². The van der Waals surface area contributed by atoms with Gasteiger partial charge in [0.05, 0.1) is 0 Å². The Bertz CT molecular complexity index is 245. The van der Waals surface area contributed by atoms with Crippen LogP contribution in [0.5, 0.6) is 0 Å². The van der Waals surface area contributed by atoms with E-state index in [0.29, 0.717) is 0 Å². The van der Waals surface area contributed by atoms with Crippen LogP contribution in [0.2, 0.25) is 0 Å². The van der Waals surface area contributed by atoms with Crippen molar-refractivity contribution in [3.05, 3.63) is 0 Å². The average Bonchev–Trinajstić information content (AvgIpc) is 2.57. The lowest BCUT2D eigenvalue weighted by atomic mass is 10.0. The molecule has 0 bridgehead atoms. The van der Waals surface area contributed by atoms with Gasteiger partial charge in [0.2, 0.25) is 5.91 Å². The summed E-state index contributed by atoms with van der Waals surface area (Å²) in [5, 5.41) is 11.6. The number of aliphatic hydroxyl groups is 1.